The second-order valence-corrected chi connectivity index (χ2v) is 7.78. The number of benzene rings is 2. The van der Waals surface area contributed by atoms with Gasteiger partial charge in [-0.3, -0.25) is 19.3 Å². The standard InChI is InChI=1S/C23H25N3O3/c1-16-2-4-17(5-3-16)23(29)26-12-10-25(11-13-26)15-21(27)19-6-8-20-18(14-19)7-9-22(28)24-20/h2-6,8,14H,7,9-13,15H2,1H3,(H,24,28). The van der Waals surface area contributed by atoms with E-state index in [4.69, 9.17) is 0 Å². The van der Waals surface area contributed by atoms with E-state index in [-0.39, 0.29) is 17.6 Å². The summed E-state index contributed by atoms with van der Waals surface area (Å²) in [6.45, 7) is 4.96. The molecule has 1 saturated heterocycles. The van der Waals surface area contributed by atoms with E-state index in [1.165, 1.54) is 0 Å². The Labute approximate surface area is 170 Å². The number of hydrogen-bond acceptors (Lipinski definition) is 4. The number of hydrogen-bond donors (Lipinski definition) is 1. The summed E-state index contributed by atoms with van der Waals surface area (Å²) in [7, 11) is 0. The molecule has 0 spiro atoms. The van der Waals surface area contributed by atoms with Crippen molar-refractivity contribution < 1.29 is 14.4 Å². The van der Waals surface area contributed by atoms with Crippen LogP contribution in [0.2, 0.25) is 0 Å². The summed E-state index contributed by atoms with van der Waals surface area (Å²) in [5.41, 5.74) is 4.35. The van der Waals surface area contributed by atoms with Crippen LogP contribution < -0.4 is 5.32 Å². The summed E-state index contributed by atoms with van der Waals surface area (Å²) in [5, 5.41) is 2.84. The molecule has 0 saturated carbocycles. The number of anilines is 1. The highest BCUT2D eigenvalue weighted by Crippen LogP contribution is 2.24. The molecule has 2 aromatic rings. The van der Waals surface area contributed by atoms with Crippen molar-refractivity contribution in [1.82, 2.24) is 9.80 Å². The molecule has 6 nitrogen and oxygen atoms in total. The number of rotatable bonds is 4. The summed E-state index contributed by atoms with van der Waals surface area (Å²) in [4.78, 5) is 40.8. The lowest BCUT2D eigenvalue weighted by Gasteiger charge is -2.34. The Kier molecular flexibility index (Phi) is 5.45. The highest BCUT2D eigenvalue weighted by molar-refractivity contribution is 6.00. The number of carbonyl (C=O) groups is 3. The van der Waals surface area contributed by atoms with E-state index < -0.39 is 0 Å². The van der Waals surface area contributed by atoms with Crippen molar-refractivity contribution in [3.63, 3.8) is 0 Å². The van der Waals surface area contributed by atoms with Gasteiger partial charge in [0.1, 0.15) is 0 Å². The number of piperazine rings is 1. The molecule has 0 radical (unpaired) electrons. The molecule has 1 N–H and O–H groups in total. The van der Waals surface area contributed by atoms with Crippen LogP contribution in [0, 0.1) is 6.92 Å². The Bertz CT molecular complexity index is 944. The molecule has 29 heavy (non-hydrogen) atoms. The molecule has 0 unspecified atom stereocenters. The molecule has 0 aromatic heterocycles. The third-order valence-electron chi connectivity index (χ3n) is 5.65. The van der Waals surface area contributed by atoms with E-state index in [0.29, 0.717) is 56.7 Å². The van der Waals surface area contributed by atoms with E-state index in [9.17, 15) is 14.4 Å². The molecule has 2 aromatic carbocycles. The minimum Gasteiger partial charge on any atom is -0.336 e. The second kappa shape index (κ2) is 8.17. The maximum absolute atomic E-state index is 12.7. The van der Waals surface area contributed by atoms with Crippen LogP contribution in [0.5, 0.6) is 0 Å². The van der Waals surface area contributed by atoms with Crippen molar-refractivity contribution in [2.45, 2.75) is 19.8 Å². The van der Waals surface area contributed by atoms with Gasteiger partial charge in [-0.2, -0.15) is 0 Å². The zero-order chi connectivity index (χ0) is 20.4. The Morgan fingerprint density at radius 1 is 0.931 bits per heavy atom. The van der Waals surface area contributed by atoms with E-state index in [0.717, 1.165) is 16.8 Å². The van der Waals surface area contributed by atoms with Crippen molar-refractivity contribution >= 4 is 23.3 Å². The third kappa shape index (κ3) is 4.38. The normalized spacial score (nSPS) is 16.9. The molecule has 0 atom stereocenters. The molecule has 150 valence electrons. The fourth-order valence-electron chi connectivity index (χ4n) is 3.84. The fraction of sp³-hybridized carbons (Fsp3) is 0.348. The van der Waals surface area contributed by atoms with Gasteiger partial charge < -0.3 is 10.2 Å². The number of amides is 2. The zero-order valence-electron chi connectivity index (χ0n) is 16.6. The van der Waals surface area contributed by atoms with Crippen LogP contribution >= 0.6 is 0 Å². The average Bonchev–Trinajstić information content (AvgIpc) is 2.74. The molecule has 0 aliphatic carbocycles. The number of fused-ring (bicyclic) bond motifs is 1. The van der Waals surface area contributed by atoms with Crippen LogP contribution in [0.4, 0.5) is 5.69 Å². The maximum Gasteiger partial charge on any atom is 0.253 e. The quantitative estimate of drug-likeness (QED) is 0.813. The Balaban J connectivity index is 1.32. The van der Waals surface area contributed by atoms with Gasteiger partial charge in [0.25, 0.3) is 5.91 Å². The maximum atomic E-state index is 12.7. The number of nitrogens with one attached hydrogen (secondary N) is 1. The van der Waals surface area contributed by atoms with Crippen molar-refractivity contribution in [3.05, 3.63) is 64.7 Å². The summed E-state index contributed by atoms with van der Waals surface area (Å²) >= 11 is 0. The van der Waals surface area contributed by atoms with Crippen LogP contribution in [0.15, 0.2) is 42.5 Å². The molecule has 2 amide bonds. The van der Waals surface area contributed by atoms with Crippen molar-refractivity contribution in [2.24, 2.45) is 0 Å². The van der Waals surface area contributed by atoms with Gasteiger partial charge in [0.05, 0.1) is 6.54 Å². The average molecular weight is 391 g/mol. The first-order valence-electron chi connectivity index (χ1n) is 10.0. The third-order valence-corrected chi connectivity index (χ3v) is 5.65. The van der Waals surface area contributed by atoms with Crippen LogP contribution in [0.25, 0.3) is 0 Å². The predicted octanol–water partition coefficient (Wildman–Crippen LogP) is 2.52. The molecule has 0 bridgehead atoms. The van der Waals surface area contributed by atoms with Crippen LogP contribution in [-0.2, 0) is 11.2 Å². The Morgan fingerprint density at radius 2 is 1.62 bits per heavy atom. The van der Waals surface area contributed by atoms with Crippen LogP contribution in [-0.4, -0.2) is 60.1 Å². The summed E-state index contributed by atoms with van der Waals surface area (Å²) in [6.07, 6.45) is 1.13. The highest BCUT2D eigenvalue weighted by atomic mass is 16.2. The van der Waals surface area contributed by atoms with Gasteiger partial charge in [0.15, 0.2) is 5.78 Å². The summed E-state index contributed by atoms with van der Waals surface area (Å²) in [6, 6.07) is 13.1. The lowest BCUT2D eigenvalue weighted by atomic mass is 9.98. The van der Waals surface area contributed by atoms with Gasteiger partial charge >= 0.3 is 0 Å². The summed E-state index contributed by atoms with van der Waals surface area (Å²) < 4.78 is 0. The predicted molar refractivity (Wildman–Crippen MR) is 111 cm³/mol. The fourth-order valence-corrected chi connectivity index (χ4v) is 3.84. The number of nitrogens with zero attached hydrogens (tertiary/aromatic N) is 2. The Hall–Kier alpha value is -2.99. The largest absolute Gasteiger partial charge is 0.336 e. The number of aryl methyl sites for hydroxylation is 2. The van der Waals surface area contributed by atoms with Crippen LogP contribution in [0.3, 0.4) is 0 Å². The van der Waals surface area contributed by atoms with E-state index >= 15 is 0 Å². The molecule has 6 heteroatoms. The van der Waals surface area contributed by atoms with Gasteiger partial charge in [0.2, 0.25) is 5.91 Å². The van der Waals surface area contributed by atoms with Gasteiger partial charge in [-0.05, 0) is 49.2 Å². The van der Waals surface area contributed by atoms with Crippen molar-refractivity contribution in [2.75, 3.05) is 38.0 Å². The van der Waals surface area contributed by atoms with E-state index in [1.54, 1.807) is 6.07 Å². The van der Waals surface area contributed by atoms with Gasteiger partial charge in [-0.1, -0.05) is 17.7 Å². The molecule has 1 fully saturated rings. The SMILES string of the molecule is Cc1ccc(C(=O)N2CCN(CC(=O)c3ccc4c(c3)CCC(=O)N4)CC2)cc1. The lowest BCUT2D eigenvalue weighted by molar-refractivity contribution is -0.116. The number of ketones is 1. The topological polar surface area (TPSA) is 69.7 Å². The van der Waals surface area contributed by atoms with Crippen molar-refractivity contribution in [3.8, 4) is 0 Å². The molecule has 4 rings (SSSR count). The van der Waals surface area contributed by atoms with Gasteiger partial charge in [-0.15, -0.1) is 0 Å². The monoisotopic (exact) mass is 391 g/mol. The zero-order valence-corrected chi connectivity index (χ0v) is 16.6. The minimum atomic E-state index is 0.0228. The molecule has 2 aliphatic rings. The minimum absolute atomic E-state index is 0.0228. The summed E-state index contributed by atoms with van der Waals surface area (Å²) in [5.74, 6) is 0.144. The highest BCUT2D eigenvalue weighted by Gasteiger charge is 2.24. The van der Waals surface area contributed by atoms with E-state index in [1.807, 2.05) is 48.2 Å². The molecule has 2 heterocycles. The molecular weight excluding hydrogens is 366 g/mol. The first-order valence-corrected chi connectivity index (χ1v) is 10.0. The number of Topliss-reactive ketones (excluding diaryl/α,β-unsaturated/α-hetero) is 1. The smallest absolute Gasteiger partial charge is 0.253 e. The molecular formula is C23H25N3O3. The van der Waals surface area contributed by atoms with Crippen LogP contribution in [0.1, 0.15) is 38.3 Å². The molecule has 2 aliphatic heterocycles. The van der Waals surface area contributed by atoms with Gasteiger partial charge in [-0.25, -0.2) is 0 Å². The first kappa shape index (κ1) is 19.3. The second-order valence-electron chi connectivity index (χ2n) is 7.78. The Morgan fingerprint density at radius 3 is 2.34 bits per heavy atom. The van der Waals surface area contributed by atoms with Crippen molar-refractivity contribution in [1.29, 1.82) is 0 Å². The van der Waals surface area contributed by atoms with Gasteiger partial charge in [0, 0.05) is 49.4 Å². The van der Waals surface area contributed by atoms with E-state index in [2.05, 4.69) is 10.2 Å². The lowest BCUT2D eigenvalue weighted by Crippen LogP contribution is -2.49. The number of carbonyl (C=O) groups excluding carboxylic acids is 3. The first-order chi connectivity index (χ1) is 14.0.